The third kappa shape index (κ3) is 4.80. The van der Waals surface area contributed by atoms with Crippen molar-refractivity contribution in [2.75, 3.05) is 19.8 Å². The quantitative estimate of drug-likeness (QED) is 0.545. The summed E-state index contributed by atoms with van der Waals surface area (Å²) in [4.78, 5) is 17.6. The molecule has 1 amide bonds. The zero-order chi connectivity index (χ0) is 21.9. The lowest BCUT2D eigenvalue weighted by Crippen LogP contribution is -2.31. The van der Waals surface area contributed by atoms with Gasteiger partial charge in [-0.15, -0.1) is 0 Å². The fraction of sp³-hybridized carbons (Fsp3) is 0.462. The van der Waals surface area contributed by atoms with E-state index in [9.17, 15) is 4.79 Å². The average molecular weight is 434 g/mol. The van der Waals surface area contributed by atoms with E-state index < -0.39 is 0 Å². The lowest BCUT2D eigenvalue weighted by Gasteiger charge is -2.11. The molecule has 0 unspecified atom stereocenters. The Morgan fingerprint density at radius 3 is 2.75 bits per heavy atom. The number of aromatic nitrogens is 2. The number of benzene rings is 2. The topological polar surface area (TPSA) is 65.4 Å². The predicted octanol–water partition coefficient (Wildman–Crippen LogP) is 4.34. The van der Waals surface area contributed by atoms with E-state index in [4.69, 9.17) is 14.5 Å². The number of imidazole rings is 1. The van der Waals surface area contributed by atoms with Crippen molar-refractivity contribution in [2.24, 2.45) is 5.92 Å². The van der Waals surface area contributed by atoms with Gasteiger partial charge in [-0.2, -0.15) is 0 Å². The third-order valence-electron chi connectivity index (χ3n) is 6.34. The molecule has 1 saturated carbocycles. The average Bonchev–Trinajstić information content (AvgIpc) is 3.35. The summed E-state index contributed by atoms with van der Waals surface area (Å²) in [6, 6.07) is 14.1. The van der Waals surface area contributed by atoms with Crippen LogP contribution < -0.4 is 10.1 Å². The molecular formula is C26H31N3O3. The van der Waals surface area contributed by atoms with Crippen LogP contribution in [-0.2, 0) is 17.7 Å². The van der Waals surface area contributed by atoms with E-state index >= 15 is 0 Å². The standard InChI is InChI=1S/C26H31N3O3/c1-2-31-21-10-7-18(8-11-21)14-25-28-23-15-20(26(30)27-16-22-4-3-13-32-22)9-12-24(23)29(25)17-19-5-6-19/h7-12,15,19,22H,2-6,13-14,16-17H2,1H3,(H,27,30)/t22-/m1/s1. The van der Waals surface area contributed by atoms with Crippen LogP contribution in [0.2, 0.25) is 0 Å². The predicted molar refractivity (Wildman–Crippen MR) is 124 cm³/mol. The Labute approximate surface area is 188 Å². The molecule has 1 aromatic heterocycles. The summed E-state index contributed by atoms with van der Waals surface area (Å²) in [7, 11) is 0. The van der Waals surface area contributed by atoms with Gasteiger partial charge in [-0.05, 0) is 74.4 Å². The van der Waals surface area contributed by atoms with Crippen LogP contribution in [0.4, 0.5) is 0 Å². The highest BCUT2D eigenvalue weighted by Crippen LogP contribution is 2.33. The SMILES string of the molecule is CCOc1ccc(Cc2nc3cc(C(=O)NC[C@H]4CCCO4)ccc3n2CC2CC2)cc1. The van der Waals surface area contributed by atoms with Crippen molar-refractivity contribution in [3.63, 3.8) is 0 Å². The minimum absolute atomic E-state index is 0.0628. The lowest BCUT2D eigenvalue weighted by molar-refractivity contribution is 0.0858. The number of amides is 1. The lowest BCUT2D eigenvalue weighted by atomic mass is 10.1. The Morgan fingerprint density at radius 1 is 1.19 bits per heavy atom. The molecule has 2 aliphatic rings. The summed E-state index contributed by atoms with van der Waals surface area (Å²) in [6.45, 7) is 5.01. The summed E-state index contributed by atoms with van der Waals surface area (Å²) < 4.78 is 13.5. The maximum absolute atomic E-state index is 12.7. The Morgan fingerprint density at radius 2 is 2.03 bits per heavy atom. The molecule has 1 atom stereocenters. The number of hydrogen-bond donors (Lipinski definition) is 1. The second kappa shape index (κ2) is 9.33. The van der Waals surface area contributed by atoms with Gasteiger partial charge in [-0.1, -0.05) is 12.1 Å². The number of ether oxygens (including phenoxy) is 2. The highest BCUT2D eigenvalue weighted by molar-refractivity contribution is 5.97. The van der Waals surface area contributed by atoms with Crippen molar-refractivity contribution in [3.8, 4) is 5.75 Å². The van der Waals surface area contributed by atoms with E-state index in [0.29, 0.717) is 18.7 Å². The van der Waals surface area contributed by atoms with Gasteiger partial charge in [0.05, 0.1) is 23.7 Å². The maximum atomic E-state index is 12.7. The molecule has 1 N–H and O–H groups in total. The van der Waals surface area contributed by atoms with Gasteiger partial charge in [0.1, 0.15) is 11.6 Å². The molecule has 0 bridgehead atoms. The fourth-order valence-electron chi connectivity index (χ4n) is 4.38. The molecule has 5 rings (SSSR count). The number of nitrogens with one attached hydrogen (secondary N) is 1. The zero-order valence-corrected chi connectivity index (χ0v) is 18.7. The first-order valence-corrected chi connectivity index (χ1v) is 11.8. The van der Waals surface area contributed by atoms with Crippen molar-refractivity contribution < 1.29 is 14.3 Å². The minimum Gasteiger partial charge on any atom is -0.494 e. The molecule has 1 saturated heterocycles. The number of carbonyl (C=O) groups is 1. The van der Waals surface area contributed by atoms with E-state index in [1.165, 1.54) is 18.4 Å². The van der Waals surface area contributed by atoms with Gasteiger partial charge in [0.15, 0.2) is 0 Å². The molecule has 3 aromatic rings. The van der Waals surface area contributed by atoms with Gasteiger partial charge < -0.3 is 19.4 Å². The molecule has 2 aromatic carbocycles. The van der Waals surface area contributed by atoms with Gasteiger partial charge in [0.25, 0.3) is 5.91 Å². The number of hydrogen-bond acceptors (Lipinski definition) is 4. The van der Waals surface area contributed by atoms with Crippen LogP contribution in [0, 0.1) is 5.92 Å². The Hall–Kier alpha value is -2.86. The van der Waals surface area contributed by atoms with Crippen molar-refractivity contribution >= 4 is 16.9 Å². The van der Waals surface area contributed by atoms with Gasteiger partial charge in [0.2, 0.25) is 0 Å². The molecule has 2 heterocycles. The van der Waals surface area contributed by atoms with Gasteiger partial charge in [-0.25, -0.2) is 4.98 Å². The molecule has 32 heavy (non-hydrogen) atoms. The highest BCUT2D eigenvalue weighted by atomic mass is 16.5. The summed E-state index contributed by atoms with van der Waals surface area (Å²) in [6.07, 6.45) is 5.55. The monoisotopic (exact) mass is 433 g/mol. The van der Waals surface area contributed by atoms with Crippen molar-refractivity contribution in [1.82, 2.24) is 14.9 Å². The van der Waals surface area contributed by atoms with E-state index in [0.717, 1.165) is 60.9 Å². The van der Waals surface area contributed by atoms with Crippen LogP contribution in [0.25, 0.3) is 11.0 Å². The second-order valence-corrected chi connectivity index (χ2v) is 8.88. The molecule has 2 fully saturated rings. The normalized spacial score (nSPS) is 18.2. The summed E-state index contributed by atoms with van der Waals surface area (Å²) in [5, 5.41) is 3.01. The molecule has 168 valence electrons. The summed E-state index contributed by atoms with van der Waals surface area (Å²) in [5.41, 5.74) is 3.85. The number of carbonyl (C=O) groups excluding carboxylic acids is 1. The van der Waals surface area contributed by atoms with Crippen LogP contribution in [0.1, 0.15) is 54.4 Å². The number of nitrogens with zero attached hydrogens (tertiary/aromatic N) is 2. The smallest absolute Gasteiger partial charge is 0.251 e. The van der Waals surface area contributed by atoms with Crippen molar-refractivity contribution in [2.45, 2.75) is 51.7 Å². The van der Waals surface area contributed by atoms with E-state index in [1.807, 2.05) is 37.3 Å². The first-order chi connectivity index (χ1) is 15.7. The first kappa shape index (κ1) is 21.0. The zero-order valence-electron chi connectivity index (χ0n) is 18.7. The molecule has 0 spiro atoms. The van der Waals surface area contributed by atoms with E-state index in [1.54, 1.807) is 0 Å². The molecule has 1 aliphatic heterocycles. The largest absolute Gasteiger partial charge is 0.494 e. The van der Waals surface area contributed by atoms with Crippen molar-refractivity contribution in [1.29, 1.82) is 0 Å². The molecular weight excluding hydrogens is 402 g/mol. The highest BCUT2D eigenvalue weighted by Gasteiger charge is 2.25. The summed E-state index contributed by atoms with van der Waals surface area (Å²) in [5.74, 6) is 2.61. The Kier molecular flexibility index (Phi) is 6.12. The fourth-order valence-corrected chi connectivity index (χ4v) is 4.38. The van der Waals surface area contributed by atoms with Crippen LogP contribution >= 0.6 is 0 Å². The van der Waals surface area contributed by atoms with Crippen LogP contribution in [0.15, 0.2) is 42.5 Å². The number of fused-ring (bicyclic) bond motifs is 1. The molecule has 1 aliphatic carbocycles. The second-order valence-electron chi connectivity index (χ2n) is 8.88. The number of rotatable bonds is 9. The molecule has 6 nitrogen and oxygen atoms in total. The summed E-state index contributed by atoms with van der Waals surface area (Å²) >= 11 is 0. The first-order valence-electron chi connectivity index (χ1n) is 11.8. The van der Waals surface area contributed by atoms with Crippen LogP contribution in [0.5, 0.6) is 5.75 Å². The van der Waals surface area contributed by atoms with Crippen LogP contribution in [0.3, 0.4) is 0 Å². The van der Waals surface area contributed by atoms with E-state index in [-0.39, 0.29) is 12.0 Å². The van der Waals surface area contributed by atoms with Gasteiger partial charge in [-0.3, -0.25) is 4.79 Å². The van der Waals surface area contributed by atoms with Gasteiger partial charge in [0, 0.05) is 31.7 Å². The van der Waals surface area contributed by atoms with E-state index in [2.05, 4.69) is 22.0 Å². The minimum atomic E-state index is -0.0628. The Balaban J connectivity index is 1.37. The van der Waals surface area contributed by atoms with Crippen LogP contribution in [-0.4, -0.2) is 41.3 Å². The molecule has 6 heteroatoms. The van der Waals surface area contributed by atoms with Gasteiger partial charge >= 0.3 is 0 Å². The Bertz CT molecular complexity index is 1080. The third-order valence-corrected chi connectivity index (χ3v) is 6.34. The van der Waals surface area contributed by atoms with Crippen molar-refractivity contribution in [3.05, 3.63) is 59.4 Å². The maximum Gasteiger partial charge on any atom is 0.251 e. The molecule has 0 radical (unpaired) electrons.